The summed E-state index contributed by atoms with van der Waals surface area (Å²) >= 11 is 0. The van der Waals surface area contributed by atoms with E-state index in [0.29, 0.717) is 35.0 Å². The van der Waals surface area contributed by atoms with Crippen LogP contribution in [-0.4, -0.2) is 62.1 Å². The summed E-state index contributed by atoms with van der Waals surface area (Å²) in [6, 6.07) is 4.84. The molecule has 2 fully saturated rings. The number of ether oxygens (including phenoxy) is 1. The Bertz CT molecular complexity index is 1300. The minimum atomic E-state index is -0.512. The standard InChI is InChI=1S/C23H29N7O4/c1-23(34-3)9-8-17(23)27-21(32)13-12-25-30-19(24-2)11-18(28-20(13)30)26-14-5-4-10-29(22(14)33)15-6-7-16(15)31/h4-5,10-12,15-17,24,31H,6-9H2,1-3H3,(H,26,28)(H,27,32)/t15?,16-,17?,23+/m1/s1. The van der Waals surface area contributed by atoms with Gasteiger partial charge < -0.3 is 30.4 Å². The molecule has 0 saturated heterocycles. The third-order valence-corrected chi connectivity index (χ3v) is 7.21. The highest BCUT2D eigenvalue weighted by molar-refractivity contribution is 6.00. The third kappa shape index (κ3) is 3.61. The van der Waals surface area contributed by atoms with Crippen molar-refractivity contribution < 1.29 is 14.6 Å². The number of hydrogen-bond donors (Lipinski definition) is 4. The van der Waals surface area contributed by atoms with Crippen LogP contribution in [0.25, 0.3) is 5.65 Å². The SMILES string of the molecule is CNc1cc(Nc2cccn(C3CC[C@H]3O)c2=O)nc2c(C(=O)NC3CC[C@]3(C)OC)cnn12. The van der Waals surface area contributed by atoms with Crippen molar-refractivity contribution in [3.63, 3.8) is 0 Å². The first-order valence-corrected chi connectivity index (χ1v) is 11.4. The van der Waals surface area contributed by atoms with Gasteiger partial charge >= 0.3 is 0 Å². The zero-order valence-electron chi connectivity index (χ0n) is 19.4. The molecular weight excluding hydrogens is 438 g/mol. The Morgan fingerprint density at radius 1 is 1.32 bits per heavy atom. The van der Waals surface area contributed by atoms with E-state index in [1.807, 2.05) is 6.92 Å². The monoisotopic (exact) mass is 467 g/mol. The number of aliphatic hydroxyl groups excluding tert-OH is 1. The zero-order valence-corrected chi connectivity index (χ0v) is 19.4. The number of aromatic nitrogens is 4. The summed E-state index contributed by atoms with van der Waals surface area (Å²) < 4.78 is 8.65. The first-order chi connectivity index (χ1) is 16.3. The molecule has 0 aromatic carbocycles. The molecule has 3 heterocycles. The van der Waals surface area contributed by atoms with Gasteiger partial charge in [0.25, 0.3) is 11.5 Å². The Morgan fingerprint density at radius 2 is 2.15 bits per heavy atom. The normalized spacial score (nSPS) is 25.9. The predicted octanol–water partition coefficient (Wildman–Crippen LogP) is 1.67. The van der Waals surface area contributed by atoms with Crippen LogP contribution < -0.4 is 21.5 Å². The molecule has 2 aliphatic rings. The molecule has 0 bridgehead atoms. The molecule has 3 aromatic heterocycles. The number of nitrogens with one attached hydrogen (secondary N) is 3. The molecule has 5 rings (SSSR count). The molecule has 4 N–H and O–H groups in total. The number of fused-ring (bicyclic) bond motifs is 1. The number of nitrogens with zero attached hydrogens (tertiary/aromatic N) is 4. The van der Waals surface area contributed by atoms with Gasteiger partial charge in [0.15, 0.2) is 5.65 Å². The first kappa shape index (κ1) is 22.4. The lowest BCUT2D eigenvalue weighted by atomic mass is 9.76. The fourth-order valence-corrected chi connectivity index (χ4v) is 4.56. The van der Waals surface area contributed by atoms with E-state index in [1.54, 1.807) is 47.6 Å². The lowest BCUT2D eigenvalue weighted by molar-refractivity contribution is -0.0828. The van der Waals surface area contributed by atoms with Crippen LogP contribution in [0.1, 0.15) is 49.0 Å². The Kier molecular flexibility index (Phi) is 5.53. The summed E-state index contributed by atoms with van der Waals surface area (Å²) in [6.07, 6.45) is 5.83. The summed E-state index contributed by atoms with van der Waals surface area (Å²) in [5.41, 5.74) is 0.394. The molecule has 2 unspecified atom stereocenters. The lowest BCUT2D eigenvalue weighted by Gasteiger charge is -2.45. The highest BCUT2D eigenvalue weighted by atomic mass is 16.5. The summed E-state index contributed by atoms with van der Waals surface area (Å²) in [6.45, 7) is 1.98. The number of hydrogen-bond acceptors (Lipinski definition) is 8. The van der Waals surface area contributed by atoms with Gasteiger partial charge in [0, 0.05) is 26.4 Å². The molecule has 11 heteroatoms. The number of carbonyl (C=O) groups is 1. The predicted molar refractivity (Wildman–Crippen MR) is 127 cm³/mol. The molecule has 1 amide bonds. The Labute approximate surface area is 196 Å². The van der Waals surface area contributed by atoms with Gasteiger partial charge in [0.2, 0.25) is 0 Å². The van der Waals surface area contributed by atoms with Crippen LogP contribution in [0, 0.1) is 0 Å². The van der Waals surface area contributed by atoms with Crippen molar-refractivity contribution in [1.29, 1.82) is 0 Å². The van der Waals surface area contributed by atoms with Crippen molar-refractivity contribution in [2.24, 2.45) is 0 Å². The van der Waals surface area contributed by atoms with Gasteiger partial charge in [-0.05, 0) is 44.7 Å². The quantitative estimate of drug-likeness (QED) is 0.412. The second kappa shape index (κ2) is 8.41. The molecule has 2 aliphatic carbocycles. The Hall–Kier alpha value is -3.44. The Balaban J connectivity index is 1.46. The van der Waals surface area contributed by atoms with Crippen LogP contribution >= 0.6 is 0 Å². The fraction of sp³-hybridized carbons (Fsp3) is 0.478. The van der Waals surface area contributed by atoms with Gasteiger partial charge in [0.05, 0.1) is 30.0 Å². The molecule has 180 valence electrons. The van der Waals surface area contributed by atoms with Gasteiger partial charge in [-0.1, -0.05) is 0 Å². The van der Waals surface area contributed by atoms with Gasteiger partial charge in [0.1, 0.15) is 22.9 Å². The third-order valence-electron chi connectivity index (χ3n) is 7.21. The molecule has 0 aliphatic heterocycles. The van der Waals surface area contributed by atoms with E-state index in [4.69, 9.17) is 4.74 Å². The molecule has 11 nitrogen and oxygen atoms in total. The highest BCUT2D eigenvalue weighted by Gasteiger charge is 2.44. The van der Waals surface area contributed by atoms with Crippen LogP contribution in [0.2, 0.25) is 0 Å². The number of carbonyl (C=O) groups excluding carboxylic acids is 1. The molecule has 2 saturated carbocycles. The minimum absolute atomic E-state index is 0.0883. The summed E-state index contributed by atoms with van der Waals surface area (Å²) in [7, 11) is 3.39. The molecule has 3 aromatic rings. The second-order valence-corrected chi connectivity index (χ2v) is 9.12. The second-order valence-electron chi connectivity index (χ2n) is 9.12. The van der Waals surface area contributed by atoms with Crippen LogP contribution in [0.15, 0.2) is 35.4 Å². The first-order valence-electron chi connectivity index (χ1n) is 11.4. The maximum atomic E-state index is 13.1. The fourth-order valence-electron chi connectivity index (χ4n) is 4.56. The van der Waals surface area contributed by atoms with Crippen molar-refractivity contribution >= 4 is 28.9 Å². The zero-order chi connectivity index (χ0) is 24.0. The minimum Gasteiger partial charge on any atom is -0.391 e. The number of rotatable bonds is 7. The smallest absolute Gasteiger partial charge is 0.274 e. The number of methoxy groups -OCH3 is 1. The maximum absolute atomic E-state index is 13.1. The van der Waals surface area contributed by atoms with E-state index in [0.717, 1.165) is 19.3 Å². The van der Waals surface area contributed by atoms with Crippen molar-refractivity contribution in [3.05, 3.63) is 46.5 Å². The lowest BCUT2D eigenvalue weighted by Crippen LogP contribution is -2.59. The van der Waals surface area contributed by atoms with Crippen LogP contribution in [0.4, 0.5) is 17.3 Å². The summed E-state index contributed by atoms with van der Waals surface area (Å²) in [4.78, 5) is 30.7. The maximum Gasteiger partial charge on any atom is 0.274 e. The Morgan fingerprint density at radius 3 is 2.76 bits per heavy atom. The van der Waals surface area contributed by atoms with E-state index >= 15 is 0 Å². The largest absolute Gasteiger partial charge is 0.391 e. The van der Waals surface area contributed by atoms with Crippen LogP contribution in [0.3, 0.4) is 0 Å². The number of anilines is 3. The molecular formula is C23H29N7O4. The molecule has 34 heavy (non-hydrogen) atoms. The molecule has 4 atom stereocenters. The van der Waals surface area contributed by atoms with E-state index < -0.39 is 6.10 Å². The van der Waals surface area contributed by atoms with Crippen molar-refractivity contribution in [2.75, 3.05) is 24.8 Å². The topological polar surface area (TPSA) is 135 Å². The summed E-state index contributed by atoms with van der Waals surface area (Å²) in [5.74, 6) is 0.707. The average molecular weight is 468 g/mol. The average Bonchev–Trinajstić information content (AvgIpc) is 3.26. The van der Waals surface area contributed by atoms with Gasteiger partial charge in [-0.2, -0.15) is 9.61 Å². The van der Waals surface area contributed by atoms with Gasteiger partial charge in [-0.3, -0.25) is 9.59 Å². The van der Waals surface area contributed by atoms with E-state index in [1.165, 1.54) is 6.20 Å². The van der Waals surface area contributed by atoms with Crippen LogP contribution in [-0.2, 0) is 4.74 Å². The van der Waals surface area contributed by atoms with Crippen molar-refractivity contribution in [3.8, 4) is 0 Å². The van der Waals surface area contributed by atoms with E-state index in [-0.39, 0.29) is 29.2 Å². The van der Waals surface area contributed by atoms with Crippen molar-refractivity contribution in [2.45, 2.75) is 56.4 Å². The summed E-state index contributed by atoms with van der Waals surface area (Å²) in [5, 5.41) is 23.5. The highest BCUT2D eigenvalue weighted by Crippen LogP contribution is 2.35. The molecule has 0 radical (unpaired) electrons. The van der Waals surface area contributed by atoms with Crippen molar-refractivity contribution in [1.82, 2.24) is 24.5 Å². The number of pyridine rings is 1. The molecule has 0 spiro atoms. The van der Waals surface area contributed by atoms with E-state index in [9.17, 15) is 14.7 Å². The van der Waals surface area contributed by atoms with Gasteiger partial charge in [-0.25, -0.2) is 4.98 Å². The number of aliphatic hydroxyl groups is 1. The van der Waals surface area contributed by atoms with Crippen LogP contribution in [0.5, 0.6) is 0 Å². The number of amides is 1. The van der Waals surface area contributed by atoms with Gasteiger partial charge in [-0.15, -0.1) is 0 Å². The van der Waals surface area contributed by atoms with E-state index in [2.05, 4.69) is 26.0 Å².